The van der Waals surface area contributed by atoms with Gasteiger partial charge in [0.2, 0.25) is 0 Å². The second kappa shape index (κ2) is 4.17. The number of aliphatic hydroxyl groups is 1. The topological polar surface area (TPSA) is 55.3 Å². The Labute approximate surface area is 83.2 Å². The zero-order valence-corrected chi connectivity index (χ0v) is 9.36. The van der Waals surface area contributed by atoms with Crippen molar-refractivity contribution in [3.05, 3.63) is 0 Å². The highest BCUT2D eigenvalue weighted by Crippen LogP contribution is 2.33. The van der Waals surface area contributed by atoms with Gasteiger partial charge in [0.1, 0.15) is 4.75 Å². The molecule has 13 heavy (non-hydrogen) atoms. The van der Waals surface area contributed by atoms with Gasteiger partial charge in [0, 0.05) is 11.4 Å². The van der Waals surface area contributed by atoms with Crippen molar-refractivity contribution in [3.63, 3.8) is 0 Å². The number of hydrogen-bond donors (Lipinski definition) is 2. The molecule has 0 radical (unpaired) electrons. The number of nitrogens with one attached hydrogen (secondary N) is 1. The number of hydrogen-bond acceptors (Lipinski definition) is 3. The Hall–Kier alpha value is 0.230. The van der Waals surface area contributed by atoms with E-state index in [-0.39, 0.29) is 17.4 Å². The van der Waals surface area contributed by atoms with Crippen molar-refractivity contribution in [1.82, 2.24) is 4.72 Å². The first-order valence-corrected chi connectivity index (χ1v) is 5.89. The fourth-order valence-electron chi connectivity index (χ4n) is 1.10. The van der Waals surface area contributed by atoms with E-state index in [9.17, 15) is 4.55 Å². The second-order valence-corrected chi connectivity index (χ2v) is 6.62. The molecule has 3 nitrogen and oxygen atoms in total. The van der Waals surface area contributed by atoms with Gasteiger partial charge in [-0.3, -0.25) is 0 Å². The Morgan fingerprint density at radius 1 is 1.54 bits per heavy atom. The third kappa shape index (κ3) is 3.46. The molecule has 2 atom stereocenters. The van der Waals surface area contributed by atoms with Crippen LogP contribution in [0.2, 0.25) is 0 Å². The van der Waals surface area contributed by atoms with Gasteiger partial charge >= 0.3 is 0 Å². The molecule has 0 aliphatic heterocycles. The Bertz CT molecular complexity index is 165. The minimum Gasteiger partial charge on any atom is -0.598 e. The molecule has 1 aliphatic carbocycles. The van der Waals surface area contributed by atoms with E-state index in [0.29, 0.717) is 5.92 Å². The van der Waals surface area contributed by atoms with E-state index in [0.717, 1.165) is 12.8 Å². The van der Waals surface area contributed by atoms with E-state index in [4.69, 9.17) is 5.11 Å². The third-order valence-corrected chi connectivity index (χ3v) is 3.83. The first-order valence-electron chi connectivity index (χ1n) is 4.74. The van der Waals surface area contributed by atoms with Crippen molar-refractivity contribution in [2.75, 3.05) is 6.61 Å². The minimum absolute atomic E-state index is 0.0278. The molecule has 1 saturated carbocycles. The highest BCUT2D eigenvalue weighted by molar-refractivity contribution is 7.90. The van der Waals surface area contributed by atoms with Gasteiger partial charge < -0.3 is 9.66 Å². The van der Waals surface area contributed by atoms with Crippen LogP contribution in [0.5, 0.6) is 0 Å². The Kier molecular flexibility index (Phi) is 3.63. The van der Waals surface area contributed by atoms with Crippen molar-refractivity contribution in [3.8, 4) is 0 Å². The average Bonchev–Trinajstić information content (AvgIpc) is 2.80. The molecule has 0 unspecified atom stereocenters. The van der Waals surface area contributed by atoms with Crippen LogP contribution in [0.1, 0.15) is 33.6 Å². The quantitative estimate of drug-likeness (QED) is 0.668. The summed E-state index contributed by atoms with van der Waals surface area (Å²) in [6.07, 6.45) is 2.30. The zero-order valence-electron chi connectivity index (χ0n) is 8.54. The molecule has 0 amide bonds. The highest BCUT2D eigenvalue weighted by Gasteiger charge is 2.36. The van der Waals surface area contributed by atoms with Crippen molar-refractivity contribution >= 4 is 11.4 Å². The summed E-state index contributed by atoms with van der Waals surface area (Å²) in [7, 11) is 0. The molecule has 2 N–H and O–H groups in total. The van der Waals surface area contributed by atoms with Gasteiger partial charge in [0.05, 0.1) is 12.6 Å². The lowest BCUT2D eigenvalue weighted by Crippen LogP contribution is -2.47. The summed E-state index contributed by atoms with van der Waals surface area (Å²) in [6.45, 7) is 5.87. The first kappa shape index (κ1) is 11.3. The molecule has 0 aromatic rings. The van der Waals surface area contributed by atoms with Crippen LogP contribution in [-0.2, 0) is 11.4 Å². The minimum atomic E-state index is -1.06. The van der Waals surface area contributed by atoms with Crippen LogP contribution >= 0.6 is 0 Å². The highest BCUT2D eigenvalue weighted by atomic mass is 32.2. The SMILES string of the molecule is CC(C)(C)[S@+]([O-])N[C@@H](CO)C1CC1. The first-order chi connectivity index (χ1) is 5.95. The predicted molar refractivity (Wildman–Crippen MR) is 54.6 cm³/mol. The largest absolute Gasteiger partial charge is 0.598 e. The molecule has 78 valence electrons. The normalized spacial score (nSPS) is 22.8. The van der Waals surface area contributed by atoms with E-state index < -0.39 is 11.4 Å². The molecule has 1 aliphatic rings. The van der Waals surface area contributed by atoms with Crippen LogP contribution in [0.25, 0.3) is 0 Å². The lowest BCUT2D eigenvalue weighted by atomic mass is 10.2. The summed E-state index contributed by atoms with van der Waals surface area (Å²) in [4.78, 5) is 0. The van der Waals surface area contributed by atoms with Gasteiger partial charge in [-0.1, -0.05) is 0 Å². The molecule has 0 aromatic carbocycles. The van der Waals surface area contributed by atoms with Gasteiger partial charge in [-0.25, -0.2) is 0 Å². The van der Waals surface area contributed by atoms with E-state index in [1.54, 1.807) is 0 Å². The summed E-state index contributed by atoms with van der Waals surface area (Å²) in [5, 5.41) is 9.05. The van der Waals surface area contributed by atoms with Crippen LogP contribution in [0.3, 0.4) is 0 Å². The fraction of sp³-hybridized carbons (Fsp3) is 1.00. The van der Waals surface area contributed by atoms with Crippen LogP contribution in [0, 0.1) is 5.92 Å². The number of rotatable bonds is 4. The van der Waals surface area contributed by atoms with E-state index in [1.165, 1.54) is 0 Å². The standard InChI is InChI=1S/C9H19NO2S/c1-9(2,3)13(12)10-8(6-11)7-4-5-7/h7-8,10-11H,4-6H2,1-3H3/t8-,13-/m0/s1. The zero-order chi connectivity index (χ0) is 10.1. The van der Waals surface area contributed by atoms with E-state index in [2.05, 4.69) is 4.72 Å². The van der Waals surface area contributed by atoms with Gasteiger partial charge in [-0.05, 0) is 39.5 Å². The van der Waals surface area contributed by atoms with Gasteiger partial charge in [0.25, 0.3) is 0 Å². The summed E-state index contributed by atoms with van der Waals surface area (Å²) in [6, 6.07) is 0.0278. The Balaban J connectivity index is 2.36. The van der Waals surface area contributed by atoms with E-state index in [1.807, 2.05) is 20.8 Å². The van der Waals surface area contributed by atoms with Crippen LogP contribution < -0.4 is 4.72 Å². The van der Waals surface area contributed by atoms with Crippen molar-refractivity contribution in [2.24, 2.45) is 5.92 Å². The van der Waals surface area contributed by atoms with Crippen molar-refractivity contribution in [2.45, 2.75) is 44.4 Å². The molecule has 0 spiro atoms. The Morgan fingerprint density at radius 3 is 2.38 bits per heavy atom. The predicted octanol–water partition coefficient (Wildman–Crippen LogP) is 0.809. The molecular weight excluding hydrogens is 186 g/mol. The lowest BCUT2D eigenvalue weighted by Gasteiger charge is -2.27. The third-order valence-electron chi connectivity index (χ3n) is 2.20. The van der Waals surface area contributed by atoms with Gasteiger partial charge in [-0.2, -0.15) is 0 Å². The summed E-state index contributed by atoms with van der Waals surface area (Å²) in [5.41, 5.74) is 0. The van der Waals surface area contributed by atoms with Crippen LogP contribution in [0.15, 0.2) is 0 Å². The molecule has 0 aromatic heterocycles. The van der Waals surface area contributed by atoms with Gasteiger partial charge in [-0.15, -0.1) is 4.72 Å². The number of aliphatic hydroxyl groups excluding tert-OH is 1. The fourth-order valence-corrected chi connectivity index (χ4v) is 1.99. The van der Waals surface area contributed by atoms with Crippen LogP contribution in [-0.4, -0.2) is 27.1 Å². The summed E-state index contributed by atoms with van der Waals surface area (Å²) >= 11 is -1.06. The lowest BCUT2D eigenvalue weighted by molar-refractivity contribution is 0.243. The Morgan fingerprint density at radius 2 is 2.08 bits per heavy atom. The molecule has 0 heterocycles. The molecule has 4 heteroatoms. The van der Waals surface area contributed by atoms with Crippen LogP contribution in [0.4, 0.5) is 0 Å². The second-order valence-electron chi connectivity index (χ2n) is 4.63. The van der Waals surface area contributed by atoms with Gasteiger partial charge in [0.15, 0.2) is 0 Å². The summed E-state index contributed by atoms with van der Waals surface area (Å²) < 4.78 is 14.4. The summed E-state index contributed by atoms with van der Waals surface area (Å²) in [5.74, 6) is 0.538. The van der Waals surface area contributed by atoms with E-state index >= 15 is 0 Å². The smallest absolute Gasteiger partial charge is 0.136 e. The van der Waals surface area contributed by atoms with Crippen molar-refractivity contribution in [1.29, 1.82) is 0 Å². The van der Waals surface area contributed by atoms with Crippen molar-refractivity contribution < 1.29 is 9.66 Å². The molecule has 0 saturated heterocycles. The maximum atomic E-state index is 11.7. The maximum absolute atomic E-state index is 11.7. The maximum Gasteiger partial charge on any atom is 0.136 e. The molecular formula is C9H19NO2S. The molecule has 1 fully saturated rings. The monoisotopic (exact) mass is 205 g/mol. The average molecular weight is 205 g/mol. The molecule has 1 rings (SSSR count). The molecule has 0 bridgehead atoms.